The fourth-order valence-corrected chi connectivity index (χ4v) is 0. The van der Waals surface area contributed by atoms with Crippen LogP contribution in [0, 0.1) is 76.1 Å². The van der Waals surface area contributed by atoms with Gasteiger partial charge in [0.25, 0.3) is 0 Å². The molecular weight excluding hydrogens is 748 g/mol. The van der Waals surface area contributed by atoms with Crippen LogP contribution in [0.25, 0.3) is 0 Å². The van der Waals surface area contributed by atoms with E-state index in [1.54, 1.807) is 0 Å². The molecule has 15 heavy (non-hydrogen) atoms. The van der Waals surface area contributed by atoms with Gasteiger partial charge in [-0.25, -0.2) is 38.2 Å². The molecule has 0 N–H and O–H groups in total. The standard InChI is InChI=1S/2C4H7.CH4.2H3P.2U.2V/c2*1-4(2)3;;;;;;;/h2*1-2H2,3H3;1H4;2*1H3;;;;/q2*-1;;;;;;;. The van der Waals surface area contributed by atoms with Crippen molar-refractivity contribution < 1.29 is 99.3 Å². The molecule has 0 nitrogen and oxygen atoms in total. The zero-order valence-corrected chi connectivity index (χ0v) is 23.1. The van der Waals surface area contributed by atoms with Gasteiger partial charge in [0.2, 0.25) is 0 Å². The molecule has 0 rings (SSSR count). The molecule has 0 saturated heterocycles. The van der Waals surface area contributed by atoms with Crippen molar-refractivity contribution in [3.8, 4) is 0 Å². The summed E-state index contributed by atoms with van der Waals surface area (Å²) in [7, 11) is 0. The van der Waals surface area contributed by atoms with Crippen molar-refractivity contribution in [2.45, 2.75) is 21.3 Å². The Bertz CT molecular complexity index is 82.1. The first kappa shape index (κ1) is 63.2. The van der Waals surface area contributed by atoms with Crippen molar-refractivity contribution in [3.63, 3.8) is 0 Å². The Balaban J connectivity index is -0.00000000468. The average Bonchev–Trinajstić information content (AvgIpc) is 1.25. The molecule has 0 fully saturated rings. The summed E-state index contributed by atoms with van der Waals surface area (Å²) in [6, 6.07) is 0. The van der Waals surface area contributed by atoms with Gasteiger partial charge in [-0.15, -0.1) is 0 Å². The molecule has 0 spiro atoms. The predicted octanol–water partition coefficient (Wildman–Crippen LogP) is 3.54. The average molecular weight is 772 g/mol. The summed E-state index contributed by atoms with van der Waals surface area (Å²) in [4.78, 5) is 0. The minimum absolute atomic E-state index is 0. The predicted molar refractivity (Wildman–Crippen MR) is 69.3 cm³/mol. The van der Waals surface area contributed by atoms with Crippen LogP contribution < -0.4 is 0 Å². The van der Waals surface area contributed by atoms with Gasteiger partial charge in [-0.3, -0.25) is 0 Å². The smallest absolute Gasteiger partial charge is 0 e. The maximum Gasteiger partial charge on any atom is 0 e. The van der Waals surface area contributed by atoms with Crippen LogP contribution >= 0.6 is 19.8 Å². The fourth-order valence-electron chi connectivity index (χ4n) is 0. The molecule has 0 heterocycles. The van der Waals surface area contributed by atoms with Gasteiger partial charge in [0, 0.05) is 99.3 Å². The van der Waals surface area contributed by atoms with E-state index in [0.717, 1.165) is 11.1 Å². The molecule has 0 amide bonds. The van der Waals surface area contributed by atoms with E-state index in [9.17, 15) is 0 Å². The minimum Gasteiger partial charge on any atom is -0.242 e. The zero-order valence-electron chi connectivity index (χ0n) is 9.14. The molecular formula is C9H24P2U2V2-2. The van der Waals surface area contributed by atoms with Gasteiger partial charge < -0.3 is 0 Å². The third kappa shape index (κ3) is 364. The molecule has 2 atom stereocenters. The molecule has 2 radical (unpaired) electrons. The Hall–Kier alpha value is 3.35. The van der Waals surface area contributed by atoms with E-state index in [0.29, 0.717) is 0 Å². The number of hydrogen-bond acceptors (Lipinski definition) is 0. The summed E-state index contributed by atoms with van der Waals surface area (Å²) in [5.74, 6) is 0. The van der Waals surface area contributed by atoms with E-state index < -0.39 is 0 Å². The first-order valence-corrected chi connectivity index (χ1v) is 2.41. The SMILES string of the molecule is C.C=C([CH2-])C.C=C([CH2-])C.P.P.[U].[U].[V].[V]. The summed E-state index contributed by atoms with van der Waals surface area (Å²) in [5, 5.41) is 0. The van der Waals surface area contributed by atoms with E-state index in [-0.39, 0.29) is 127 Å². The minimum atomic E-state index is 0. The molecule has 0 aliphatic heterocycles. The van der Waals surface area contributed by atoms with Crippen LogP contribution in [-0.2, 0) is 37.1 Å². The van der Waals surface area contributed by atoms with E-state index in [1.165, 1.54) is 0 Å². The van der Waals surface area contributed by atoms with Gasteiger partial charge in [0.15, 0.2) is 0 Å². The van der Waals surface area contributed by atoms with Crippen molar-refractivity contribution in [1.82, 2.24) is 0 Å². The van der Waals surface area contributed by atoms with Crippen LogP contribution in [0.3, 0.4) is 0 Å². The van der Waals surface area contributed by atoms with Crippen molar-refractivity contribution in [3.05, 3.63) is 38.2 Å². The van der Waals surface area contributed by atoms with Crippen molar-refractivity contribution in [2.24, 2.45) is 0 Å². The van der Waals surface area contributed by atoms with Gasteiger partial charge in [0.05, 0.1) is 0 Å². The molecule has 0 aromatic carbocycles. The van der Waals surface area contributed by atoms with E-state index in [2.05, 4.69) is 27.0 Å². The number of rotatable bonds is 0. The Labute approximate surface area is 176 Å². The van der Waals surface area contributed by atoms with Gasteiger partial charge in [-0.05, 0) is 0 Å². The van der Waals surface area contributed by atoms with Gasteiger partial charge >= 0.3 is 0 Å². The molecule has 6 heteroatoms. The van der Waals surface area contributed by atoms with Gasteiger partial charge in [-0.2, -0.15) is 19.8 Å². The van der Waals surface area contributed by atoms with Crippen molar-refractivity contribution in [1.29, 1.82) is 0 Å². The molecule has 90 valence electrons. The van der Waals surface area contributed by atoms with Crippen LogP contribution in [0.5, 0.6) is 0 Å². The Morgan fingerprint density at radius 2 is 0.800 bits per heavy atom. The van der Waals surface area contributed by atoms with Crippen molar-refractivity contribution in [2.75, 3.05) is 0 Å². The topological polar surface area (TPSA) is 0 Å². The number of allylic oxidation sites excluding steroid dienone is 2. The maximum absolute atomic E-state index is 3.44. The van der Waals surface area contributed by atoms with Crippen molar-refractivity contribution >= 4 is 19.8 Å². The summed E-state index contributed by atoms with van der Waals surface area (Å²) < 4.78 is 0. The van der Waals surface area contributed by atoms with Crippen LogP contribution in [0.15, 0.2) is 24.3 Å². The fraction of sp³-hybridized carbons (Fsp3) is 0.333. The summed E-state index contributed by atoms with van der Waals surface area (Å²) >= 11 is 0. The molecule has 0 saturated carbocycles. The van der Waals surface area contributed by atoms with Crippen LogP contribution in [0.4, 0.5) is 0 Å². The molecule has 2 unspecified atom stereocenters. The second kappa shape index (κ2) is 53.0. The van der Waals surface area contributed by atoms with E-state index in [4.69, 9.17) is 0 Å². The van der Waals surface area contributed by atoms with Gasteiger partial charge in [-0.1, -0.05) is 21.3 Å². The van der Waals surface area contributed by atoms with Gasteiger partial charge in [0.1, 0.15) is 0 Å². The largest absolute Gasteiger partial charge is 0.242 e. The van der Waals surface area contributed by atoms with Crippen LogP contribution in [0.2, 0.25) is 0 Å². The van der Waals surface area contributed by atoms with E-state index >= 15 is 0 Å². The summed E-state index contributed by atoms with van der Waals surface area (Å²) in [6.07, 6.45) is 0. The maximum atomic E-state index is 3.44. The monoisotopic (exact) mass is 772 g/mol. The molecule has 0 aromatic rings. The normalized spacial score (nSPS) is 3.33. The number of hydrogen-bond donors (Lipinski definition) is 0. The first-order chi connectivity index (χ1) is 3.46. The second-order valence-corrected chi connectivity index (χ2v) is 1.91. The van der Waals surface area contributed by atoms with E-state index in [1.807, 2.05) is 13.8 Å². The summed E-state index contributed by atoms with van der Waals surface area (Å²) in [5.41, 5.74) is 1.83. The summed E-state index contributed by atoms with van der Waals surface area (Å²) in [6.45, 7) is 17.5. The Morgan fingerprint density at radius 3 is 0.800 bits per heavy atom. The second-order valence-electron chi connectivity index (χ2n) is 1.91. The zero-order chi connectivity index (χ0) is 7.15. The third-order valence-electron chi connectivity index (χ3n) is 0. The van der Waals surface area contributed by atoms with Crippen LogP contribution in [0.1, 0.15) is 21.3 Å². The molecule has 0 aliphatic rings. The van der Waals surface area contributed by atoms with Crippen LogP contribution in [-0.4, -0.2) is 0 Å². The quantitative estimate of drug-likeness (QED) is 0.262. The Kier molecular flexibility index (Phi) is 223. The third-order valence-corrected chi connectivity index (χ3v) is 0. The molecule has 0 bridgehead atoms. The molecule has 0 aromatic heterocycles. The first-order valence-electron chi connectivity index (χ1n) is 2.41. The Morgan fingerprint density at radius 1 is 0.800 bits per heavy atom. The molecule has 0 aliphatic carbocycles.